The van der Waals surface area contributed by atoms with Gasteiger partial charge in [0.25, 0.3) is 0 Å². The average Bonchev–Trinajstić information content (AvgIpc) is 2.80. The van der Waals surface area contributed by atoms with Crippen LogP contribution in [0.25, 0.3) is 0 Å². The van der Waals surface area contributed by atoms with Crippen molar-refractivity contribution in [2.24, 2.45) is 5.73 Å². The minimum absolute atomic E-state index is 0.0447. The maximum atomic E-state index is 12.4. The lowest BCUT2D eigenvalue weighted by atomic mass is 10.3. The Hall–Kier alpha value is -2.06. The number of carboxylic acids is 1. The van der Waals surface area contributed by atoms with Gasteiger partial charge in [-0.1, -0.05) is 0 Å². The number of aliphatic carboxylic acids is 1. The number of carbonyl (C=O) groups excluding carboxylic acids is 2. The zero-order valence-electron chi connectivity index (χ0n) is 12.6. The standard InChI is InChI=1S/C15H18N2O5S/c1-2-22-10-5-3-9(4-6-10)17-13(18)7-12(14(17)19)23-8-11(16)15(20)21/h3-6,11-12H,2,7-8,16H2,1H3,(H,20,21)/t11-,12-/m0/s1. The monoisotopic (exact) mass is 338 g/mol. The molecule has 2 amide bonds. The van der Waals surface area contributed by atoms with Gasteiger partial charge in [-0.2, -0.15) is 0 Å². The number of anilines is 1. The van der Waals surface area contributed by atoms with Gasteiger partial charge in [0.15, 0.2) is 0 Å². The van der Waals surface area contributed by atoms with Crippen LogP contribution in [-0.2, 0) is 14.4 Å². The summed E-state index contributed by atoms with van der Waals surface area (Å²) in [6.45, 7) is 2.40. The Morgan fingerprint density at radius 1 is 1.43 bits per heavy atom. The second kappa shape index (κ2) is 7.47. The Kier molecular flexibility index (Phi) is 5.62. The SMILES string of the molecule is CCOc1ccc(N2C(=O)C[C@H](SC[C@H](N)C(=O)O)C2=O)cc1. The molecule has 2 rings (SSSR count). The van der Waals surface area contributed by atoms with Crippen LogP contribution in [0.5, 0.6) is 5.75 Å². The minimum Gasteiger partial charge on any atom is -0.494 e. The summed E-state index contributed by atoms with van der Waals surface area (Å²) in [7, 11) is 0. The quantitative estimate of drug-likeness (QED) is 0.710. The van der Waals surface area contributed by atoms with Crippen molar-refractivity contribution in [2.45, 2.75) is 24.6 Å². The van der Waals surface area contributed by atoms with Crippen LogP contribution in [-0.4, -0.2) is 46.5 Å². The number of rotatable bonds is 7. The Morgan fingerprint density at radius 3 is 2.65 bits per heavy atom. The average molecular weight is 338 g/mol. The van der Waals surface area contributed by atoms with Crippen LogP contribution < -0.4 is 15.4 Å². The zero-order chi connectivity index (χ0) is 17.0. The van der Waals surface area contributed by atoms with E-state index in [-0.39, 0.29) is 24.0 Å². The van der Waals surface area contributed by atoms with Crippen LogP contribution in [0.3, 0.4) is 0 Å². The van der Waals surface area contributed by atoms with Gasteiger partial charge < -0.3 is 15.6 Å². The lowest BCUT2D eigenvalue weighted by molar-refractivity contribution is -0.138. The Balaban J connectivity index is 2.04. The summed E-state index contributed by atoms with van der Waals surface area (Å²) in [5.74, 6) is -1.04. The topological polar surface area (TPSA) is 110 Å². The first-order valence-corrected chi connectivity index (χ1v) is 8.18. The number of carbonyl (C=O) groups is 3. The molecule has 0 aliphatic carbocycles. The molecule has 8 heteroatoms. The fourth-order valence-electron chi connectivity index (χ4n) is 2.15. The largest absolute Gasteiger partial charge is 0.494 e. The number of imide groups is 1. The normalized spacial score (nSPS) is 19.0. The van der Waals surface area contributed by atoms with Crippen molar-refractivity contribution >= 4 is 35.2 Å². The molecule has 1 saturated heterocycles. The molecule has 0 radical (unpaired) electrons. The van der Waals surface area contributed by atoms with Gasteiger partial charge in [-0.25, -0.2) is 4.90 Å². The molecule has 0 saturated carbocycles. The van der Waals surface area contributed by atoms with E-state index < -0.39 is 17.3 Å². The molecule has 7 nitrogen and oxygen atoms in total. The summed E-state index contributed by atoms with van der Waals surface area (Å²) >= 11 is 1.10. The minimum atomic E-state index is -1.13. The number of nitrogens with two attached hydrogens (primary N) is 1. The van der Waals surface area contributed by atoms with E-state index in [0.29, 0.717) is 18.0 Å². The van der Waals surface area contributed by atoms with E-state index >= 15 is 0 Å². The van der Waals surface area contributed by atoms with E-state index in [4.69, 9.17) is 15.6 Å². The molecule has 1 heterocycles. The van der Waals surface area contributed by atoms with Gasteiger partial charge in [-0.3, -0.25) is 14.4 Å². The van der Waals surface area contributed by atoms with Gasteiger partial charge in [-0.05, 0) is 31.2 Å². The molecular weight excluding hydrogens is 320 g/mol. The van der Waals surface area contributed by atoms with Crippen LogP contribution in [0.2, 0.25) is 0 Å². The van der Waals surface area contributed by atoms with Crippen molar-refractivity contribution in [3.63, 3.8) is 0 Å². The van der Waals surface area contributed by atoms with Gasteiger partial charge >= 0.3 is 5.97 Å². The fourth-order valence-corrected chi connectivity index (χ4v) is 3.25. The van der Waals surface area contributed by atoms with Crippen LogP contribution >= 0.6 is 11.8 Å². The van der Waals surface area contributed by atoms with Crippen LogP contribution in [0, 0.1) is 0 Å². The van der Waals surface area contributed by atoms with Crippen molar-refractivity contribution in [1.82, 2.24) is 0 Å². The van der Waals surface area contributed by atoms with E-state index in [0.717, 1.165) is 16.7 Å². The van der Waals surface area contributed by atoms with Crippen LogP contribution in [0.4, 0.5) is 5.69 Å². The van der Waals surface area contributed by atoms with Gasteiger partial charge in [-0.15, -0.1) is 11.8 Å². The molecule has 2 atom stereocenters. The molecule has 1 aliphatic heterocycles. The zero-order valence-corrected chi connectivity index (χ0v) is 13.4. The van der Waals surface area contributed by atoms with Gasteiger partial charge in [0, 0.05) is 12.2 Å². The molecule has 0 bridgehead atoms. The second-order valence-corrected chi connectivity index (χ2v) is 6.20. The molecule has 1 aliphatic rings. The number of amides is 2. The number of thioether (sulfide) groups is 1. The van der Waals surface area contributed by atoms with Crippen molar-refractivity contribution in [3.8, 4) is 5.75 Å². The third-order valence-corrected chi connectivity index (χ3v) is 4.63. The van der Waals surface area contributed by atoms with E-state index in [2.05, 4.69) is 0 Å². The number of carboxylic acid groups (broad SMARTS) is 1. The predicted octanol–water partition coefficient (Wildman–Crippen LogP) is 0.862. The summed E-state index contributed by atoms with van der Waals surface area (Å²) < 4.78 is 5.32. The number of ether oxygens (including phenoxy) is 1. The van der Waals surface area contributed by atoms with E-state index in [9.17, 15) is 14.4 Å². The van der Waals surface area contributed by atoms with Crippen molar-refractivity contribution in [1.29, 1.82) is 0 Å². The predicted molar refractivity (Wildman–Crippen MR) is 86.6 cm³/mol. The summed E-state index contributed by atoms with van der Waals surface area (Å²) in [5, 5.41) is 8.16. The Morgan fingerprint density at radius 2 is 2.09 bits per heavy atom. The summed E-state index contributed by atoms with van der Waals surface area (Å²) in [4.78, 5) is 36.3. The highest BCUT2D eigenvalue weighted by atomic mass is 32.2. The number of nitrogens with zero attached hydrogens (tertiary/aromatic N) is 1. The highest BCUT2D eigenvalue weighted by Crippen LogP contribution is 2.30. The molecule has 0 aromatic heterocycles. The van der Waals surface area contributed by atoms with Crippen LogP contribution in [0.1, 0.15) is 13.3 Å². The maximum absolute atomic E-state index is 12.4. The molecule has 1 aromatic rings. The molecule has 1 fully saturated rings. The molecule has 3 N–H and O–H groups in total. The summed E-state index contributed by atoms with van der Waals surface area (Å²) in [6, 6.07) is 5.64. The van der Waals surface area contributed by atoms with Crippen molar-refractivity contribution in [2.75, 3.05) is 17.3 Å². The molecular formula is C15H18N2O5S. The molecule has 124 valence electrons. The molecule has 23 heavy (non-hydrogen) atoms. The first-order chi connectivity index (χ1) is 10.9. The number of hydrogen-bond donors (Lipinski definition) is 2. The molecule has 0 unspecified atom stereocenters. The van der Waals surface area contributed by atoms with E-state index in [1.807, 2.05) is 6.92 Å². The van der Waals surface area contributed by atoms with Gasteiger partial charge in [0.1, 0.15) is 11.8 Å². The summed E-state index contributed by atoms with van der Waals surface area (Å²) in [5.41, 5.74) is 5.90. The third kappa shape index (κ3) is 4.02. The maximum Gasteiger partial charge on any atom is 0.321 e. The van der Waals surface area contributed by atoms with Gasteiger partial charge in [0.2, 0.25) is 11.8 Å². The van der Waals surface area contributed by atoms with Crippen LogP contribution in [0.15, 0.2) is 24.3 Å². The molecule has 0 spiro atoms. The molecule has 1 aromatic carbocycles. The Labute approximate surface area is 137 Å². The van der Waals surface area contributed by atoms with Crippen molar-refractivity contribution < 1.29 is 24.2 Å². The number of hydrogen-bond acceptors (Lipinski definition) is 6. The number of benzene rings is 1. The summed E-state index contributed by atoms with van der Waals surface area (Å²) in [6.07, 6.45) is 0.0447. The smallest absolute Gasteiger partial charge is 0.321 e. The van der Waals surface area contributed by atoms with E-state index in [1.54, 1.807) is 24.3 Å². The lowest BCUT2D eigenvalue weighted by Crippen LogP contribution is -2.35. The van der Waals surface area contributed by atoms with Crippen molar-refractivity contribution in [3.05, 3.63) is 24.3 Å². The Bertz CT molecular complexity index is 604. The highest BCUT2D eigenvalue weighted by Gasteiger charge is 2.40. The third-order valence-electron chi connectivity index (χ3n) is 3.31. The van der Waals surface area contributed by atoms with E-state index in [1.165, 1.54) is 0 Å². The lowest BCUT2D eigenvalue weighted by Gasteiger charge is -2.16. The first kappa shape index (κ1) is 17.3. The fraction of sp³-hybridized carbons (Fsp3) is 0.400. The van der Waals surface area contributed by atoms with Gasteiger partial charge in [0.05, 0.1) is 17.5 Å². The first-order valence-electron chi connectivity index (χ1n) is 7.13. The highest BCUT2D eigenvalue weighted by molar-refractivity contribution is 8.00. The second-order valence-electron chi connectivity index (χ2n) is 4.97.